The van der Waals surface area contributed by atoms with E-state index in [1.807, 2.05) is 42.5 Å². The molecule has 1 amide bonds. The third-order valence-electron chi connectivity index (χ3n) is 3.15. The number of benzene rings is 2. The lowest BCUT2D eigenvalue weighted by Gasteiger charge is -2.07. The van der Waals surface area contributed by atoms with Gasteiger partial charge < -0.3 is 5.32 Å². The molecule has 3 rings (SSSR count). The van der Waals surface area contributed by atoms with Gasteiger partial charge in [0.15, 0.2) is 0 Å². The molecule has 1 heterocycles. The average Bonchev–Trinajstić information content (AvgIpc) is 3.00. The third-order valence-corrected chi connectivity index (χ3v) is 3.15. The number of nitrogens with zero attached hydrogens (tertiary/aromatic N) is 2. The second-order valence-corrected chi connectivity index (χ2v) is 4.46. The van der Waals surface area contributed by atoms with Crippen LogP contribution in [0.5, 0.6) is 0 Å². The highest BCUT2D eigenvalue weighted by atomic mass is 16.1. The highest BCUT2D eigenvalue weighted by Crippen LogP contribution is 2.18. The third kappa shape index (κ3) is 2.51. The monoisotopic (exact) mass is 266 g/mol. The summed E-state index contributed by atoms with van der Waals surface area (Å²) in [5, 5.41) is 11.5. The van der Waals surface area contributed by atoms with Crippen LogP contribution in [0.15, 0.2) is 48.8 Å². The van der Waals surface area contributed by atoms with E-state index in [-0.39, 0.29) is 5.91 Å². The minimum absolute atomic E-state index is 0.0682. The van der Waals surface area contributed by atoms with Crippen molar-refractivity contribution in [2.45, 2.75) is 6.42 Å². The maximum Gasteiger partial charge on any atom is 0.251 e. The van der Waals surface area contributed by atoms with Gasteiger partial charge in [-0.15, -0.1) is 0 Å². The molecular formula is C15H14N4O. The molecule has 20 heavy (non-hydrogen) atoms. The van der Waals surface area contributed by atoms with Crippen LogP contribution in [0.3, 0.4) is 0 Å². The second kappa shape index (κ2) is 5.52. The summed E-state index contributed by atoms with van der Waals surface area (Å²) in [6.45, 7) is 0.525. The van der Waals surface area contributed by atoms with Crippen molar-refractivity contribution in [2.75, 3.05) is 6.54 Å². The second-order valence-electron chi connectivity index (χ2n) is 4.46. The zero-order valence-electron chi connectivity index (χ0n) is 10.8. The van der Waals surface area contributed by atoms with Gasteiger partial charge >= 0.3 is 0 Å². The van der Waals surface area contributed by atoms with Crippen molar-refractivity contribution in [1.82, 2.24) is 20.5 Å². The smallest absolute Gasteiger partial charge is 0.251 e. The van der Waals surface area contributed by atoms with Gasteiger partial charge in [-0.2, -0.15) is 5.10 Å². The summed E-state index contributed by atoms with van der Waals surface area (Å²) in [5.41, 5.74) is 0.695. The van der Waals surface area contributed by atoms with Crippen LogP contribution in [-0.2, 0) is 6.42 Å². The molecular weight excluding hydrogens is 252 g/mol. The molecule has 0 aliphatic heterocycles. The van der Waals surface area contributed by atoms with E-state index in [4.69, 9.17) is 0 Å². The van der Waals surface area contributed by atoms with Crippen molar-refractivity contribution in [3.05, 3.63) is 60.2 Å². The van der Waals surface area contributed by atoms with Crippen LogP contribution in [0.2, 0.25) is 0 Å². The standard InChI is InChI=1S/C15H14N4O/c20-15(16-9-8-14-17-10-18-19-14)13-7-3-5-11-4-1-2-6-12(11)13/h1-7,10H,8-9H2,(H,16,20)(H,17,18,19). The molecule has 0 radical (unpaired) electrons. The van der Waals surface area contributed by atoms with Crippen molar-refractivity contribution in [3.63, 3.8) is 0 Å². The maximum absolute atomic E-state index is 12.2. The van der Waals surface area contributed by atoms with E-state index in [9.17, 15) is 4.79 Å². The predicted molar refractivity (Wildman–Crippen MR) is 76.4 cm³/mol. The van der Waals surface area contributed by atoms with Crippen molar-refractivity contribution in [3.8, 4) is 0 Å². The molecule has 0 atom stereocenters. The zero-order chi connectivity index (χ0) is 13.8. The van der Waals surface area contributed by atoms with Gasteiger partial charge in [0.25, 0.3) is 5.91 Å². The summed E-state index contributed by atoms with van der Waals surface area (Å²) in [7, 11) is 0. The number of aromatic amines is 1. The average molecular weight is 266 g/mol. The number of carbonyl (C=O) groups excluding carboxylic acids is 1. The van der Waals surface area contributed by atoms with E-state index in [0.717, 1.165) is 16.6 Å². The van der Waals surface area contributed by atoms with E-state index in [2.05, 4.69) is 20.5 Å². The van der Waals surface area contributed by atoms with Crippen LogP contribution >= 0.6 is 0 Å². The molecule has 1 aromatic heterocycles. The summed E-state index contributed by atoms with van der Waals surface area (Å²) in [6.07, 6.45) is 2.10. The van der Waals surface area contributed by atoms with Gasteiger partial charge in [-0.05, 0) is 16.8 Å². The Morgan fingerprint density at radius 3 is 2.85 bits per heavy atom. The van der Waals surface area contributed by atoms with Gasteiger partial charge in [-0.1, -0.05) is 36.4 Å². The van der Waals surface area contributed by atoms with Crippen molar-refractivity contribution in [2.24, 2.45) is 0 Å². The largest absolute Gasteiger partial charge is 0.352 e. The van der Waals surface area contributed by atoms with Gasteiger partial charge in [-0.3, -0.25) is 9.89 Å². The van der Waals surface area contributed by atoms with Crippen LogP contribution in [0.4, 0.5) is 0 Å². The summed E-state index contributed by atoms with van der Waals surface area (Å²) in [4.78, 5) is 16.2. The van der Waals surface area contributed by atoms with Crippen LogP contribution in [0.1, 0.15) is 16.2 Å². The minimum atomic E-state index is -0.0682. The minimum Gasteiger partial charge on any atom is -0.352 e. The molecule has 2 aromatic carbocycles. The first-order valence-corrected chi connectivity index (χ1v) is 6.45. The summed E-state index contributed by atoms with van der Waals surface area (Å²) in [5.74, 6) is 0.699. The Kier molecular flexibility index (Phi) is 3.41. The molecule has 3 aromatic rings. The number of H-pyrrole nitrogens is 1. The number of fused-ring (bicyclic) bond motifs is 1. The lowest BCUT2D eigenvalue weighted by atomic mass is 10.0. The Morgan fingerprint density at radius 2 is 2.00 bits per heavy atom. The molecule has 0 spiro atoms. The molecule has 0 unspecified atom stereocenters. The van der Waals surface area contributed by atoms with Crippen LogP contribution in [0, 0.1) is 0 Å². The Morgan fingerprint density at radius 1 is 1.15 bits per heavy atom. The van der Waals surface area contributed by atoms with Crippen molar-refractivity contribution < 1.29 is 4.79 Å². The zero-order valence-corrected chi connectivity index (χ0v) is 10.8. The lowest BCUT2D eigenvalue weighted by molar-refractivity contribution is 0.0955. The number of aromatic nitrogens is 3. The fourth-order valence-corrected chi connectivity index (χ4v) is 2.16. The Balaban J connectivity index is 1.72. The number of nitrogens with one attached hydrogen (secondary N) is 2. The first-order valence-electron chi connectivity index (χ1n) is 6.45. The number of hydrogen-bond acceptors (Lipinski definition) is 3. The number of amides is 1. The molecule has 5 heteroatoms. The summed E-state index contributed by atoms with van der Waals surface area (Å²) < 4.78 is 0. The molecule has 0 saturated heterocycles. The van der Waals surface area contributed by atoms with E-state index in [1.165, 1.54) is 6.33 Å². The molecule has 0 aliphatic rings. The lowest BCUT2D eigenvalue weighted by Crippen LogP contribution is -2.26. The fraction of sp³-hybridized carbons (Fsp3) is 0.133. The van der Waals surface area contributed by atoms with Crippen molar-refractivity contribution >= 4 is 16.7 Å². The molecule has 100 valence electrons. The molecule has 2 N–H and O–H groups in total. The van der Waals surface area contributed by atoms with E-state index >= 15 is 0 Å². The van der Waals surface area contributed by atoms with Gasteiger partial charge in [0.1, 0.15) is 12.2 Å². The topological polar surface area (TPSA) is 70.7 Å². The van der Waals surface area contributed by atoms with Crippen LogP contribution in [0.25, 0.3) is 10.8 Å². The molecule has 0 fully saturated rings. The van der Waals surface area contributed by atoms with Crippen LogP contribution < -0.4 is 5.32 Å². The highest BCUT2D eigenvalue weighted by molar-refractivity contribution is 6.06. The van der Waals surface area contributed by atoms with Gasteiger partial charge in [0.2, 0.25) is 0 Å². The van der Waals surface area contributed by atoms with E-state index in [0.29, 0.717) is 18.5 Å². The normalized spacial score (nSPS) is 10.6. The number of carbonyl (C=O) groups is 1. The molecule has 0 bridgehead atoms. The Labute approximate surface area is 116 Å². The number of rotatable bonds is 4. The van der Waals surface area contributed by atoms with E-state index < -0.39 is 0 Å². The van der Waals surface area contributed by atoms with Gasteiger partial charge in [0, 0.05) is 18.5 Å². The molecule has 0 saturated carbocycles. The van der Waals surface area contributed by atoms with Gasteiger partial charge in [0.05, 0.1) is 0 Å². The SMILES string of the molecule is O=C(NCCc1ncn[nH]1)c1cccc2ccccc12. The highest BCUT2D eigenvalue weighted by Gasteiger charge is 2.09. The molecule has 5 nitrogen and oxygen atoms in total. The summed E-state index contributed by atoms with van der Waals surface area (Å²) >= 11 is 0. The van der Waals surface area contributed by atoms with Crippen molar-refractivity contribution in [1.29, 1.82) is 0 Å². The predicted octanol–water partition coefficient (Wildman–Crippen LogP) is 1.93. The maximum atomic E-state index is 12.2. The Hall–Kier alpha value is -2.69. The Bertz CT molecular complexity index is 716. The first-order chi connectivity index (χ1) is 9.84. The van der Waals surface area contributed by atoms with Gasteiger partial charge in [-0.25, -0.2) is 4.98 Å². The quantitative estimate of drug-likeness (QED) is 0.758. The first kappa shape index (κ1) is 12.3. The van der Waals surface area contributed by atoms with Crippen LogP contribution in [-0.4, -0.2) is 27.6 Å². The van der Waals surface area contributed by atoms with E-state index in [1.54, 1.807) is 0 Å². The summed E-state index contributed by atoms with van der Waals surface area (Å²) in [6, 6.07) is 13.6. The fourth-order valence-electron chi connectivity index (χ4n) is 2.16. The number of hydrogen-bond donors (Lipinski definition) is 2. The molecule has 0 aliphatic carbocycles.